The normalized spacial score (nSPS) is 19.6. The van der Waals surface area contributed by atoms with Crippen molar-refractivity contribution in [2.24, 2.45) is 0 Å². The van der Waals surface area contributed by atoms with E-state index >= 15 is 0 Å². The lowest BCUT2D eigenvalue weighted by Gasteiger charge is -2.19. The molecule has 0 saturated carbocycles. The molecule has 1 atom stereocenters. The van der Waals surface area contributed by atoms with Crippen LogP contribution in [0.1, 0.15) is 28.4 Å². The van der Waals surface area contributed by atoms with Crippen molar-refractivity contribution in [1.82, 2.24) is 5.32 Å². The van der Waals surface area contributed by atoms with E-state index in [0.29, 0.717) is 12.2 Å². The second-order valence-corrected chi connectivity index (χ2v) is 4.38. The number of methoxy groups -OCH3 is 2. The van der Waals surface area contributed by atoms with Crippen LogP contribution in [0.3, 0.4) is 0 Å². The topological polar surface area (TPSA) is 56.8 Å². The van der Waals surface area contributed by atoms with E-state index in [2.05, 4.69) is 5.32 Å². The van der Waals surface area contributed by atoms with Gasteiger partial charge < -0.3 is 19.5 Å². The number of nitrogens with one attached hydrogen (secondary N) is 1. The van der Waals surface area contributed by atoms with Gasteiger partial charge in [-0.15, -0.1) is 0 Å². The predicted octanol–water partition coefficient (Wildman–Crippen LogP) is 1.53. The molecule has 0 spiro atoms. The third-order valence-corrected chi connectivity index (χ3v) is 3.17. The molecule has 1 heterocycles. The lowest BCUT2D eigenvalue weighted by molar-refractivity contribution is 0.0600. The van der Waals surface area contributed by atoms with Crippen molar-refractivity contribution in [2.75, 3.05) is 34.0 Å². The highest BCUT2D eigenvalue weighted by atomic mass is 16.5. The molecule has 1 aliphatic heterocycles. The molecule has 5 heteroatoms. The summed E-state index contributed by atoms with van der Waals surface area (Å²) in [5, 5.41) is 3.40. The zero-order valence-electron chi connectivity index (χ0n) is 11.3. The number of esters is 1. The first-order valence-corrected chi connectivity index (χ1v) is 6.33. The van der Waals surface area contributed by atoms with E-state index in [9.17, 15) is 4.79 Å². The third kappa shape index (κ3) is 3.24. The maximum absolute atomic E-state index is 11.6. The summed E-state index contributed by atoms with van der Waals surface area (Å²) in [7, 11) is 2.99. The second kappa shape index (κ2) is 6.54. The van der Waals surface area contributed by atoms with E-state index in [-0.39, 0.29) is 12.0 Å². The summed E-state index contributed by atoms with van der Waals surface area (Å²) in [5.74, 6) is 0.397. The van der Waals surface area contributed by atoms with Crippen LogP contribution in [-0.2, 0) is 9.47 Å². The van der Waals surface area contributed by atoms with Crippen LogP contribution < -0.4 is 10.1 Å². The van der Waals surface area contributed by atoms with Gasteiger partial charge in [0, 0.05) is 12.2 Å². The number of ether oxygens (including phenoxy) is 3. The quantitative estimate of drug-likeness (QED) is 0.840. The minimum atomic E-state index is -0.349. The fraction of sp³-hybridized carbons (Fsp3) is 0.500. The van der Waals surface area contributed by atoms with Crippen LogP contribution >= 0.6 is 0 Å². The Hall–Kier alpha value is -1.59. The number of carbonyl (C=O) groups is 1. The summed E-state index contributed by atoms with van der Waals surface area (Å²) in [6.45, 7) is 2.21. The lowest BCUT2D eigenvalue weighted by Crippen LogP contribution is -2.24. The van der Waals surface area contributed by atoms with Gasteiger partial charge in [-0.2, -0.15) is 0 Å². The van der Waals surface area contributed by atoms with Crippen LogP contribution in [0, 0.1) is 0 Å². The second-order valence-electron chi connectivity index (χ2n) is 4.38. The summed E-state index contributed by atoms with van der Waals surface area (Å²) in [4.78, 5) is 11.6. The Morgan fingerprint density at radius 3 is 3.00 bits per heavy atom. The number of benzene rings is 1. The molecule has 104 valence electrons. The van der Waals surface area contributed by atoms with Gasteiger partial charge in [-0.05, 0) is 31.2 Å². The van der Waals surface area contributed by atoms with E-state index in [1.807, 2.05) is 0 Å². The molecule has 1 N–H and O–H groups in total. The van der Waals surface area contributed by atoms with Gasteiger partial charge in [-0.25, -0.2) is 4.79 Å². The lowest BCUT2D eigenvalue weighted by atomic mass is 10.0. The van der Waals surface area contributed by atoms with Gasteiger partial charge in [0.15, 0.2) is 0 Å². The maximum Gasteiger partial charge on any atom is 0.337 e. The number of rotatable bonds is 3. The fourth-order valence-electron chi connectivity index (χ4n) is 2.16. The molecule has 0 amide bonds. The van der Waals surface area contributed by atoms with Crippen molar-refractivity contribution in [3.05, 3.63) is 29.3 Å². The van der Waals surface area contributed by atoms with Crippen LogP contribution in [0.15, 0.2) is 18.2 Å². The number of hydrogen-bond acceptors (Lipinski definition) is 5. The highest BCUT2D eigenvalue weighted by Crippen LogP contribution is 2.27. The van der Waals surface area contributed by atoms with Gasteiger partial charge in [0.2, 0.25) is 0 Å². The molecule has 0 unspecified atom stereocenters. The maximum atomic E-state index is 11.6. The summed E-state index contributed by atoms with van der Waals surface area (Å²) >= 11 is 0. The van der Waals surface area contributed by atoms with E-state index in [4.69, 9.17) is 14.2 Å². The highest BCUT2D eigenvalue weighted by molar-refractivity contribution is 5.89. The summed E-state index contributed by atoms with van der Waals surface area (Å²) < 4.78 is 15.7. The number of carbonyl (C=O) groups excluding carboxylic acids is 1. The first-order valence-electron chi connectivity index (χ1n) is 6.33. The molecule has 19 heavy (non-hydrogen) atoms. The van der Waals surface area contributed by atoms with E-state index in [0.717, 1.165) is 30.9 Å². The van der Waals surface area contributed by atoms with Crippen molar-refractivity contribution in [2.45, 2.75) is 12.5 Å². The highest BCUT2D eigenvalue weighted by Gasteiger charge is 2.20. The average molecular weight is 265 g/mol. The molecular formula is C14H19NO4. The molecule has 0 aromatic heterocycles. The van der Waals surface area contributed by atoms with Gasteiger partial charge in [-0.1, -0.05) is 0 Å². The Bertz CT molecular complexity index is 439. The molecule has 1 aliphatic rings. The zero-order valence-corrected chi connectivity index (χ0v) is 11.3. The minimum absolute atomic E-state index is 0.0297. The first kappa shape index (κ1) is 13.8. The molecule has 0 radical (unpaired) electrons. The van der Waals surface area contributed by atoms with Gasteiger partial charge in [-0.3, -0.25) is 0 Å². The minimum Gasteiger partial charge on any atom is -0.496 e. The van der Waals surface area contributed by atoms with Gasteiger partial charge >= 0.3 is 5.97 Å². The molecule has 1 saturated heterocycles. The van der Waals surface area contributed by atoms with E-state index < -0.39 is 0 Å². The number of hydrogen-bond donors (Lipinski definition) is 1. The van der Waals surface area contributed by atoms with Crippen molar-refractivity contribution >= 4 is 5.97 Å². The standard InChI is InChI=1S/C14H19NO4/c1-17-13-5-4-10(14(16)18-2)8-11(13)12-9-19-7-3-6-15-12/h4-5,8,12,15H,3,6-7,9H2,1-2H3/t12-/m0/s1. The Balaban J connectivity index is 2.31. The molecule has 1 aromatic carbocycles. The van der Waals surface area contributed by atoms with Gasteiger partial charge in [0.05, 0.1) is 32.4 Å². The molecule has 0 aliphatic carbocycles. The Morgan fingerprint density at radius 2 is 2.26 bits per heavy atom. The molecule has 5 nitrogen and oxygen atoms in total. The monoisotopic (exact) mass is 265 g/mol. The van der Waals surface area contributed by atoms with Crippen molar-refractivity contribution < 1.29 is 19.0 Å². The summed E-state index contributed by atoms with van der Waals surface area (Å²) in [5.41, 5.74) is 1.44. The molecule has 1 fully saturated rings. The van der Waals surface area contributed by atoms with Crippen LogP contribution in [-0.4, -0.2) is 39.9 Å². The largest absolute Gasteiger partial charge is 0.496 e. The van der Waals surface area contributed by atoms with Crippen LogP contribution in [0.2, 0.25) is 0 Å². The fourth-order valence-corrected chi connectivity index (χ4v) is 2.16. The zero-order chi connectivity index (χ0) is 13.7. The molecular weight excluding hydrogens is 246 g/mol. The molecule has 0 bridgehead atoms. The average Bonchev–Trinajstić information content (AvgIpc) is 2.74. The van der Waals surface area contributed by atoms with Crippen molar-refractivity contribution in [3.8, 4) is 5.75 Å². The molecule has 1 aromatic rings. The van der Waals surface area contributed by atoms with Crippen LogP contribution in [0.5, 0.6) is 5.75 Å². The Kier molecular flexibility index (Phi) is 4.76. The van der Waals surface area contributed by atoms with E-state index in [1.54, 1.807) is 25.3 Å². The van der Waals surface area contributed by atoms with Gasteiger partial charge in [0.1, 0.15) is 5.75 Å². The SMILES string of the molecule is COC(=O)c1ccc(OC)c([C@@H]2COCCCN2)c1. The molecule has 2 rings (SSSR count). The van der Waals surface area contributed by atoms with Crippen molar-refractivity contribution in [3.63, 3.8) is 0 Å². The summed E-state index contributed by atoms with van der Waals surface area (Å²) in [6, 6.07) is 5.32. The first-order chi connectivity index (χ1) is 9.26. The van der Waals surface area contributed by atoms with Crippen molar-refractivity contribution in [1.29, 1.82) is 0 Å². The van der Waals surface area contributed by atoms with Crippen LogP contribution in [0.4, 0.5) is 0 Å². The third-order valence-electron chi connectivity index (χ3n) is 3.17. The van der Waals surface area contributed by atoms with Crippen LogP contribution in [0.25, 0.3) is 0 Å². The Morgan fingerprint density at radius 1 is 1.42 bits per heavy atom. The predicted molar refractivity (Wildman–Crippen MR) is 70.5 cm³/mol. The van der Waals surface area contributed by atoms with Gasteiger partial charge in [0.25, 0.3) is 0 Å². The Labute approximate surface area is 112 Å². The summed E-state index contributed by atoms with van der Waals surface area (Å²) in [6.07, 6.45) is 0.982. The van der Waals surface area contributed by atoms with E-state index in [1.165, 1.54) is 7.11 Å². The smallest absolute Gasteiger partial charge is 0.337 e.